The summed E-state index contributed by atoms with van der Waals surface area (Å²) in [6.07, 6.45) is 5.40. The fourth-order valence-electron chi connectivity index (χ4n) is 1.71. The number of aldehydes is 1. The first kappa shape index (κ1) is 15.0. The fraction of sp³-hybridized carbons (Fsp3) is 0.333. The van der Waals surface area contributed by atoms with E-state index in [-0.39, 0.29) is 0 Å². The molecule has 0 aliphatic heterocycles. The molecule has 0 fully saturated rings. The van der Waals surface area contributed by atoms with Crippen LogP contribution in [0.1, 0.15) is 17.5 Å². The number of methoxy groups -OCH3 is 1. The number of ether oxygens (including phenoxy) is 1. The molecule has 1 amide bonds. The highest BCUT2D eigenvalue weighted by Gasteiger charge is 2.10. The van der Waals surface area contributed by atoms with Gasteiger partial charge in [0, 0.05) is 14.1 Å². The zero-order chi connectivity index (χ0) is 14.3. The number of hydrogen-bond acceptors (Lipinski definition) is 3. The Kier molecular flexibility index (Phi) is 5.79. The lowest BCUT2D eigenvalue weighted by molar-refractivity contribution is -0.115. The number of allylic oxidation sites excluding steroid dienone is 1. The van der Waals surface area contributed by atoms with Gasteiger partial charge in [-0.3, -0.25) is 9.59 Å². The second kappa shape index (κ2) is 7.36. The van der Waals surface area contributed by atoms with Crippen LogP contribution in [-0.4, -0.2) is 38.8 Å². The average Bonchev–Trinajstić information content (AvgIpc) is 2.46. The lowest BCUT2D eigenvalue weighted by Crippen LogP contribution is -2.06. The van der Waals surface area contributed by atoms with Gasteiger partial charge in [-0.05, 0) is 47.8 Å². The SMILES string of the molecule is CN(C)C=O.COc1ccc2c(c1)CCC(C=O)=C2. The zero-order valence-electron chi connectivity index (χ0n) is 11.6. The first-order valence-electron chi connectivity index (χ1n) is 6.05. The molecule has 0 spiro atoms. The van der Waals surface area contributed by atoms with E-state index >= 15 is 0 Å². The van der Waals surface area contributed by atoms with Gasteiger partial charge in [0.2, 0.25) is 6.41 Å². The molecule has 0 aromatic heterocycles. The molecule has 0 bridgehead atoms. The molecule has 4 nitrogen and oxygen atoms in total. The maximum Gasteiger partial charge on any atom is 0.209 e. The van der Waals surface area contributed by atoms with Crippen molar-refractivity contribution in [2.24, 2.45) is 0 Å². The second-order valence-electron chi connectivity index (χ2n) is 4.47. The third kappa shape index (κ3) is 4.58. The van der Waals surface area contributed by atoms with E-state index in [0.717, 1.165) is 42.4 Å². The van der Waals surface area contributed by atoms with Crippen LogP contribution in [0.4, 0.5) is 0 Å². The van der Waals surface area contributed by atoms with Crippen LogP contribution in [-0.2, 0) is 16.0 Å². The highest BCUT2D eigenvalue weighted by atomic mass is 16.5. The topological polar surface area (TPSA) is 46.6 Å². The number of fused-ring (bicyclic) bond motifs is 1. The number of amides is 1. The smallest absolute Gasteiger partial charge is 0.209 e. The quantitative estimate of drug-likeness (QED) is 0.781. The molecule has 0 radical (unpaired) electrons. The summed E-state index contributed by atoms with van der Waals surface area (Å²) in [5.41, 5.74) is 3.27. The Bertz CT molecular complexity index is 478. The Morgan fingerprint density at radius 1 is 1.21 bits per heavy atom. The van der Waals surface area contributed by atoms with Gasteiger partial charge in [-0.25, -0.2) is 0 Å². The third-order valence-electron chi connectivity index (χ3n) is 2.74. The van der Waals surface area contributed by atoms with Crippen LogP contribution in [0.15, 0.2) is 23.8 Å². The van der Waals surface area contributed by atoms with Gasteiger partial charge in [-0.2, -0.15) is 0 Å². The number of aryl methyl sites for hydroxylation is 1. The Balaban J connectivity index is 0.000000312. The van der Waals surface area contributed by atoms with Gasteiger partial charge in [0.25, 0.3) is 0 Å². The molecular weight excluding hydrogens is 242 g/mol. The minimum atomic E-state index is 0.750. The highest BCUT2D eigenvalue weighted by Crippen LogP contribution is 2.26. The molecule has 1 aromatic carbocycles. The van der Waals surface area contributed by atoms with E-state index in [1.54, 1.807) is 21.2 Å². The van der Waals surface area contributed by atoms with Crippen LogP contribution >= 0.6 is 0 Å². The van der Waals surface area contributed by atoms with Crippen LogP contribution < -0.4 is 4.74 Å². The molecule has 1 aliphatic carbocycles. The van der Waals surface area contributed by atoms with Gasteiger partial charge in [-0.15, -0.1) is 0 Å². The lowest BCUT2D eigenvalue weighted by Gasteiger charge is -2.13. The van der Waals surface area contributed by atoms with Crippen LogP contribution in [0, 0.1) is 0 Å². The summed E-state index contributed by atoms with van der Waals surface area (Å²) >= 11 is 0. The van der Waals surface area contributed by atoms with E-state index < -0.39 is 0 Å². The molecule has 0 heterocycles. The number of hydrogen-bond donors (Lipinski definition) is 0. The molecule has 2 rings (SSSR count). The largest absolute Gasteiger partial charge is 0.497 e. The van der Waals surface area contributed by atoms with Gasteiger partial charge >= 0.3 is 0 Å². The van der Waals surface area contributed by atoms with Crippen molar-refractivity contribution in [1.29, 1.82) is 0 Å². The summed E-state index contributed by atoms with van der Waals surface area (Å²) < 4.78 is 5.14. The maximum absolute atomic E-state index is 10.6. The summed E-state index contributed by atoms with van der Waals surface area (Å²) in [5, 5.41) is 0. The van der Waals surface area contributed by atoms with E-state index in [1.807, 2.05) is 24.3 Å². The second-order valence-corrected chi connectivity index (χ2v) is 4.47. The Labute approximate surface area is 113 Å². The first-order valence-corrected chi connectivity index (χ1v) is 6.05. The molecule has 4 heteroatoms. The van der Waals surface area contributed by atoms with Crippen molar-refractivity contribution >= 4 is 18.8 Å². The van der Waals surface area contributed by atoms with Crippen LogP contribution in [0.3, 0.4) is 0 Å². The third-order valence-corrected chi connectivity index (χ3v) is 2.74. The van der Waals surface area contributed by atoms with Crippen molar-refractivity contribution in [2.45, 2.75) is 12.8 Å². The molecule has 0 saturated carbocycles. The molecule has 1 aliphatic rings. The first-order chi connectivity index (χ1) is 9.10. The molecule has 0 saturated heterocycles. The van der Waals surface area contributed by atoms with Gasteiger partial charge in [0.05, 0.1) is 7.11 Å². The van der Waals surface area contributed by atoms with E-state index in [0.29, 0.717) is 0 Å². The van der Waals surface area contributed by atoms with Crippen molar-refractivity contribution in [1.82, 2.24) is 4.90 Å². The van der Waals surface area contributed by atoms with Crippen LogP contribution in [0.2, 0.25) is 0 Å². The summed E-state index contributed by atoms with van der Waals surface area (Å²) in [7, 11) is 5.04. The van der Waals surface area contributed by atoms with Crippen molar-refractivity contribution in [3.63, 3.8) is 0 Å². The fourth-order valence-corrected chi connectivity index (χ4v) is 1.71. The zero-order valence-corrected chi connectivity index (χ0v) is 11.6. The molecule has 102 valence electrons. The molecular formula is C15H19NO3. The van der Waals surface area contributed by atoms with E-state index in [2.05, 4.69) is 0 Å². The highest BCUT2D eigenvalue weighted by molar-refractivity contribution is 5.83. The van der Waals surface area contributed by atoms with Gasteiger partial charge in [0.15, 0.2) is 0 Å². The summed E-state index contributed by atoms with van der Waals surface area (Å²) in [6.45, 7) is 0. The molecule has 19 heavy (non-hydrogen) atoms. The predicted octanol–water partition coefficient (Wildman–Crippen LogP) is 1.93. The summed E-state index contributed by atoms with van der Waals surface area (Å²) in [4.78, 5) is 21.5. The number of nitrogens with zero attached hydrogens (tertiary/aromatic N) is 1. The number of rotatable bonds is 3. The minimum absolute atomic E-state index is 0.750. The number of carbonyl (C=O) groups is 2. The van der Waals surface area contributed by atoms with Crippen molar-refractivity contribution in [3.8, 4) is 5.75 Å². The Morgan fingerprint density at radius 2 is 1.89 bits per heavy atom. The summed E-state index contributed by atoms with van der Waals surface area (Å²) in [5.74, 6) is 0.881. The standard InChI is InChI=1S/C12H12O2.C3H7NO/c1-14-12-5-4-10-6-9(8-13)2-3-11(10)7-12;1-4(2)3-5/h4-8H,2-3H2,1H3;3H,1-2H3. The number of benzene rings is 1. The normalized spacial score (nSPS) is 12.3. The van der Waals surface area contributed by atoms with Crippen molar-refractivity contribution in [2.75, 3.05) is 21.2 Å². The average molecular weight is 261 g/mol. The monoisotopic (exact) mass is 261 g/mol. The summed E-state index contributed by atoms with van der Waals surface area (Å²) in [6, 6.07) is 5.95. The molecule has 1 aromatic rings. The van der Waals surface area contributed by atoms with E-state index in [1.165, 1.54) is 10.5 Å². The molecule has 0 unspecified atom stereocenters. The Morgan fingerprint density at radius 3 is 2.42 bits per heavy atom. The number of carbonyl (C=O) groups excluding carboxylic acids is 2. The molecule has 0 N–H and O–H groups in total. The van der Waals surface area contributed by atoms with Crippen LogP contribution in [0.25, 0.3) is 6.08 Å². The van der Waals surface area contributed by atoms with Crippen LogP contribution in [0.5, 0.6) is 5.75 Å². The van der Waals surface area contributed by atoms with E-state index in [4.69, 9.17) is 4.74 Å². The lowest BCUT2D eigenvalue weighted by atomic mass is 9.93. The van der Waals surface area contributed by atoms with Gasteiger partial charge in [0.1, 0.15) is 12.0 Å². The van der Waals surface area contributed by atoms with Gasteiger partial charge in [-0.1, -0.05) is 6.07 Å². The molecule has 0 atom stereocenters. The minimum Gasteiger partial charge on any atom is -0.497 e. The predicted molar refractivity (Wildman–Crippen MR) is 75.1 cm³/mol. The van der Waals surface area contributed by atoms with E-state index in [9.17, 15) is 9.59 Å². The van der Waals surface area contributed by atoms with Crippen molar-refractivity contribution < 1.29 is 14.3 Å². The van der Waals surface area contributed by atoms with Gasteiger partial charge < -0.3 is 9.64 Å². The Hall–Kier alpha value is -2.10. The van der Waals surface area contributed by atoms with Crippen molar-refractivity contribution in [3.05, 3.63) is 34.9 Å². The maximum atomic E-state index is 10.6.